The van der Waals surface area contributed by atoms with Crippen molar-refractivity contribution in [2.24, 2.45) is 5.73 Å². The van der Waals surface area contributed by atoms with Gasteiger partial charge in [0, 0.05) is 24.9 Å². The molecule has 0 amide bonds. The molecule has 5 heteroatoms. The van der Waals surface area contributed by atoms with Gasteiger partial charge in [0.25, 0.3) is 0 Å². The normalized spacial score (nSPS) is 12.1. The van der Waals surface area contributed by atoms with Crippen LogP contribution >= 0.6 is 0 Å². The van der Waals surface area contributed by atoms with Crippen LogP contribution in [0, 0.1) is 0 Å². The molecule has 0 radical (unpaired) electrons. The summed E-state index contributed by atoms with van der Waals surface area (Å²) in [4.78, 5) is 19.1. The summed E-state index contributed by atoms with van der Waals surface area (Å²) in [6, 6.07) is 1.72. The first kappa shape index (κ1) is 10.6. The molecule has 0 saturated carbocycles. The molecular formula is C9H13N3O2. The van der Waals surface area contributed by atoms with E-state index in [1.807, 2.05) is 0 Å². The topological polar surface area (TPSA) is 78.1 Å². The number of ether oxygens (including phenoxy) is 1. The average molecular weight is 195 g/mol. The Bertz CT molecular complexity index is 289. The van der Waals surface area contributed by atoms with Gasteiger partial charge in [-0.25, -0.2) is 9.97 Å². The molecule has 5 nitrogen and oxygen atoms in total. The number of rotatable bonds is 4. The lowest BCUT2D eigenvalue weighted by atomic mass is 10.1. The lowest BCUT2D eigenvalue weighted by molar-refractivity contribution is -0.141. The number of esters is 1. The molecule has 0 saturated heterocycles. The first-order chi connectivity index (χ1) is 6.77. The number of aromatic nitrogens is 2. The Balaban J connectivity index is 2.68. The maximum Gasteiger partial charge on any atom is 0.306 e. The predicted molar refractivity (Wildman–Crippen MR) is 50.5 cm³/mol. The standard InChI is InChI=1S/C9H13N3O2/c1-14-8(13)5-7(6-10)9-11-3-2-4-12-9/h2-4,7H,5-6,10H2,1H3. The molecule has 0 bridgehead atoms. The molecule has 0 fully saturated rings. The smallest absolute Gasteiger partial charge is 0.306 e. The Morgan fingerprint density at radius 2 is 2.21 bits per heavy atom. The van der Waals surface area contributed by atoms with Crippen LogP contribution in [-0.2, 0) is 9.53 Å². The van der Waals surface area contributed by atoms with Crippen molar-refractivity contribution in [1.29, 1.82) is 0 Å². The van der Waals surface area contributed by atoms with Crippen molar-refractivity contribution in [2.75, 3.05) is 13.7 Å². The molecule has 76 valence electrons. The van der Waals surface area contributed by atoms with Crippen LogP contribution in [0.25, 0.3) is 0 Å². The van der Waals surface area contributed by atoms with Gasteiger partial charge >= 0.3 is 5.97 Å². The minimum Gasteiger partial charge on any atom is -0.469 e. The van der Waals surface area contributed by atoms with E-state index in [2.05, 4.69) is 14.7 Å². The molecule has 1 aromatic rings. The average Bonchev–Trinajstić information content (AvgIpc) is 2.26. The van der Waals surface area contributed by atoms with Gasteiger partial charge in [-0.3, -0.25) is 4.79 Å². The number of hydrogen-bond acceptors (Lipinski definition) is 5. The zero-order valence-electron chi connectivity index (χ0n) is 8.01. The van der Waals surface area contributed by atoms with Crippen LogP contribution in [0.3, 0.4) is 0 Å². The first-order valence-electron chi connectivity index (χ1n) is 4.31. The van der Waals surface area contributed by atoms with E-state index < -0.39 is 0 Å². The van der Waals surface area contributed by atoms with E-state index in [1.165, 1.54) is 7.11 Å². The highest BCUT2D eigenvalue weighted by molar-refractivity contribution is 5.70. The summed E-state index contributed by atoms with van der Waals surface area (Å²) in [7, 11) is 1.35. The minimum absolute atomic E-state index is 0.163. The summed E-state index contributed by atoms with van der Waals surface area (Å²) in [5, 5.41) is 0. The molecular weight excluding hydrogens is 182 g/mol. The summed E-state index contributed by atoms with van der Waals surface area (Å²) < 4.78 is 4.55. The second-order valence-electron chi connectivity index (χ2n) is 2.82. The van der Waals surface area contributed by atoms with Gasteiger partial charge in [0.1, 0.15) is 5.82 Å². The van der Waals surface area contributed by atoms with E-state index in [0.717, 1.165) is 0 Å². The van der Waals surface area contributed by atoms with Crippen molar-refractivity contribution >= 4 is 5.97 Å². The Morgan fingerprint density at radius 3 is 2.71 bits per heavy atom. The molecule has 0 aliphatic carbocycles. The molecule has 2 N–H and O–H groups in total. The number of methoxy groups -OCH3 is 1. The highest BCUT2D eigenvalue weighted by Crippen LogP contribution is 2.13. The second kappa shape index (κ2) is 5.29. The monoisotopic (exact) mass is 195 g/mol. The maximum absolute atomic E-state index is 11.0. The van der Waals surface area contributed by atoms with Crippen molar-refractivity contribution < 1.29 is 9.53 Å². The molecule has 1 atom stereocenters. The third-order valence-corrected chi connectivity index (χ3v) is 1.88. The molecule has 0 aromatic carbocycles. The molecule has 1 heterocycles. The van der Waals surface area contributed by atoms with Gasteiger partial charge in [0.15, 0.2) is 0 Å². The van der Waals surface area contributed by atoms with E-state index >= 15 is 0 Å². The van der Waals surface area contributed by atoms with Gasteiger partial charge in [0.05, 0.1) is 13.5 Å². The van der Waals surface area contributed by atoms with Crippen LogP contribution in [-0.4, -0.2) is 29.6 Å². The Morgan fingerprint density at radius 1 is 1.57 bits per heavy atom. The van der Waals surface area contributed by atoms with Gasteiger partial charge in [-0.15, -0.1) is 0 Å². The summed E-state index contributed by atoms with van der Waals surface area (Å²) in [5.41, 5.74) is 5.52. The first-order valence-corrected chi connectivity index (χ1v) is 4.31. The van der Waals surface area contributed by atoms with E-state index in [9.17, 15) is 4.79 Å². The van der Waals surface area contributed by atoms with Crippen molar-refractivity contribution in [3.63, 3.8) is 0 Å². The van der Waals surface area contributed by atoms with Crippen LogP contribution in [0.1, 0.15) is 18.2 Å². The predicted octanol–water partition coefficient (Wildman–Crippen LogP) is 0.0820. The van der Waals surface area contributed by atoms with E-state index in [-0.39, 0.29) is 18.3 Å². The molecule has 14 heavy (non-hydrogen) atoms. The number of nitrogens with zero attached hydrogens (tertiary/aromatic N) is 2. The zero-order valence-corrected chi connectivity index (χ0v) is 8.01. The van der Waals surface area contributed by atoms with Gasteiger partial charge < -0.3 is 10.5 Å². The van der Waals surface area contributed by atoms with E-state index in [0.29, 0.717) is 12.4 Å². The molecule has 1 aromatic heterocycles. The van der Waals surface area contributed by atoms with Crippen LogP contribution in [0.5, 0.6) is 0 Å². The maximum atomic E-state index is 11.0. The third-order valence-electron chi connectivity index (χ3n) is 1.88. The summed E-state index contributed by atoms with van der Waals surface area (Å²) in [5.74, 6) is 0.122. The lowest BCUT2D eigenvalue weighted by Gasteiger charge is -2.10. The molecule has 1 unspecified atom stereocenters. The van der Waals surface area contributed by atoms with Crippen LogP contribution in [0.4, 0.5) is 0 Å². The van der Waals surface area contributed by atoms with Crippen molar-refractivity contribution in [3.05, 3.63) is 24.3 Å². The van der Waals surface area contributed by atoms with Gasteiger partial charge in [-0.05, 0) is 6.07 Å². The molecule has 1 rings (SSSR count). The molecule has 0 aliphatic heterocycles. The fourth-order valence-electron chi connectivity index (χ4n) is 1.09. The minimum atomic E-state index is -0.298. The summed E-state index contributed by atoms with van der Waals surface area (Å²) >= 11 is 0. The largest absolute Gasteiger partial charge is 0.469 e. The Labute approximate surface area is 82.3 Å². The SMILES string of the molecule is COC(=O)CC(CN)c1ncccn1. The van der Waals surface area contributed by atoms with Crippen LogP contribution in [0.2, 0.25) is 0 Å². The highest BCUT2D eigenvalue weighted by Gasteiger charge is 2.16. The second-order valence-corrected chi connectivity index (χ2v) is 2.82. The van der Waals surface area contributed by atoms with Crippen molar-refractivity contribution in [1.82, 2.24) is 9.97 Å². The van der Waals surface area contributed by atoms with Gasteiger partial charge in [-0.2, -0.15) is 0 Å². The van der Waals surface area contributed by atoms with Crippen molar-refractivity contribution in [3.8, 4) is 0 Å². The summed E-state index contributed by atoms with van der Waals surface area (Å²) in [6.07, 6.45) is 3.47. The third kappa shape index (κ3) is 2.77. The Hall–Kier alpha value is -1.49. The number of nitrogens with two attached hydrogens (primary N) is 1. The van der Waals surface area contributed by atoms with E-state index in [1.54, 1.807) is 18.5 Å². The highest BCUT2D eigenvalue weighted by atomic mass is 16.5. The Kier molecular flexibility index (Phi) is 4.00. The fourth-order valence-corrected chi connectivity index (χ4v) is 1.09. The van der Waals surface area contributed by atoms with Crippen LogP contribution < -0.4 is 5.73 Å². The van der Waals surface area contributed by atoms with Gasteiger partial charge in [0.2, 0.25) is 0 Å². The van der Waals surface area contributed by atoms with Crippen molar-refractivity contribution in [2.45, 2.75) is 12.3 Å². The van der Waals surface area contributed by atoms with E-state index in [4.69, 9.17) is 5.73 Å². The lowest BCUT2D eigenvalue weighted by Crippen LogP contribution is -2.19. The number of carbonyl (C=O) groups excluding carboxylic acids is 1. The fraction of sp³-hybridized carbons (Fsp3) is 0.444. The molecule has 0 spiro atoms. The zero-order chi connectivity index (χ0) is 10.4. The van der Waals surface area contributed by atoms with Crippen LogP contribution in [0.15, 0.2) is 18.5 Å². The van der Waals surface area contributed by atoms with Gasteiger partial charge in [-0.1, -0.05) is 0 Å². The number of carbonyl (C=O) groups is 1. The number of hydrogen-bond donors (Lipinski definition) is 1. The summed E-state index contributed by atoms with van der Waals surface area (Å²) in [6.45, 7) is 0.332. The quantitative estimate of drug-likeness (QED) is 0.688. The molecule has 0 aliphatic rings.